The third kappa shape index (κ3) is 3.59. The van der Waals surface area contributed by atoms with Crippen LogP contribution >= 0.6 is 0 Å². The number of nitrogens with one attached hydrogen (secondary N) is 3. The lowest BCUT2D eigenvalue weighted by atomic mass is 10.0. The van der Waals surface area contributed by atoms with Gasteiger partial charge < -0.3 is 21.1 Å². The van der Waals surface area contributed by atoms with Gasteiger partial charge in [-0.1, -0.05) is 18.2 Å². The van der Waals surface area contributed by atoms with Gasteiger partial charge in [-0.05, 0) is 55.2 Å². The molecule has 1 saturated carbocycles. The number of rotatable bonds is 6. The Hall–Kier alpha value is -3.45. The normalized spacial score (nSPS) is 22.1. The lowest BCUT2D eigenvalue weighted by molar-refractivity contribution is 0.460. The predicted molar refractivity (Wildman–Crippen MR) is 117 cm³/mol. The fourth-order valence-electron chi connectivity index (χ4n) is 4.40. The van der Waals surface area contributed by atoms with Gasteiger partial charge in [-0.3, -0.25) is 5.41 Å². The minimum Gasteiger partial charge on any atom is -0.457 e. The highest BCUT2D eigenvalue weighted by Crippen LogP contribution is 2.34. The van der Waals surface area contributed by atoms with E-state index in [1.165, 1.54) is 12.7 Å². The standard InChI is InChI=1S/C23H24N6O/c24-21(14-6-8-18(9-7-14)30-17-4-2-1-3-5-17)20-22(25)27-13-28-23(20)29-19-11-16-10-15(19)12-26-16/h1-9,13,15-16,19,24,26H,10-12H2,(H3,25,27,28,29). The van der Waals surface area contributed by atoms with Gasteiger partial charge in [-0.15, -0.1) is 0 Å². The number of fused-ring (bicyclic) bond motifs is 2. The Balaban J connectivity index is 1.36. The van der Waals surface area contributed by atoms with Gasteiger partial charge in [0.05, 0.1) is 11.3 Å². The second-order valence-electron chi connectivity index (χ2n) is 7.88. The number of nitrogens with two attached hydrogens (primary N) is 1. The molecule has 3 unspecified atom stereocenters. The van der Waals surface area contributed by atoms with Crippen LogP contribution in [0.1, 0.15) is 24.0 Å². The van der Waals surface area contributed by atoms with E-state index >= 15 is 0 Å². The third-order valence-electron chi connectivity index (χ3n) is 5.93. The van der Waals surface area contributed by atoms with Crippen LogP contribution in [0.25, 0.3) is 0 Å². The average Bonchev–Trinajstić information content (AvgIpc) is 3.38. The highest BCUT2D eigenvalue weighted by molar-refractivity contribution is 6.16. The van der Waals surface area contributed by atoms with E-state index in [0.717, 1.165) is 24.3 Å². The fourth-order valence-corrected chi connectivity index (χ4v) is 4.40. The molecular formula is C23H24N6O. The molecule has 0 spiro atoms. The highest BCUT2D eigenvalue weighted by Gasteiger charge is 2.39. The van der Waals surface area contributed by atoms with Crippen LogP contribution in [0.4, 0.5) is 11.6 Å². The van der Waals surface area contributed by atoms with Crippen molar-refractivity contribution in [2.45, 2.75) is 24.9 Å². The number of benzene rings is 2. The molecule has 1 aliphatic carbocycles. The van der Waals surface area contributed by atoms with Gasteiger partial charge in [0.25, 0.3) is 0 Å². The van der Waals surface area contributed by atoms with E-state index in [-0.39, 0.29) is 0 Å². The van der Waals surface area contributed by atoms with Crippen molar-refractivity contribution in [3.05, 3.63) is 72.1 Å². The van der Waals surface area contributed by atoms with E-state index in [9.17, 15) is 0 Å². The minimum atomic E-state index is 0.295. The largest absolute Gasteiger partial charge is 0.457 e. The van der Waals surface area contributed by atoms with Crippen molar-refractivity contribution in [2.24, 2.45) is 5.92 Å². The molecule has 3 atom stereocenters. The second-order valence-corrected chi connectivity index (χ2v) is 7.88. The van der Waals surface area contributed by atoms with Crippen molar-refractivity contribution in [2.75, 3.05) is 17.6 Å². The van der Waals surface area contributed by atoms with Crippen molar-refractivity contribution in [1.82, 2.24) is 15.3 Å². The lowest BCUT2D eigenvalue weighted by Crippen LogP contribution is -2.37. The SMILES string of the molecule is N=C(c1ccc(Oc2ccccc2)cc1)c1c(N)ncnc1NC1CC2CC1CN2. The topological polar surface area (TPSA) is 109 Å². The Morgan fingerprint density at radius 1 is 1.03 bits per heavy atom. The van der Waals surface area contributed by atoms with Crippen molar-refractivity contribution >= 4 is 17.3 Å². The van der Waals surface area contributed by atoms with E-state index in [2.05, 4.69) is 20.6 Å². The van der Waals surface area contributed by atoms with E-state index in [0.29, 0.717) is 46.7 Å². The zero-order valence-electron chi connectivity index (χ0n) is 16.5. The number of aromatic nitrogens is 2. The maximum atomic E-state index is 8.77. The van der Waals surface area contributed by atoms with Gasteiger partial charge in [-0.25, -0.2) is 9.97 Å². The molecule has 1 saturated heterocycles. The summed E-state index contributed by atoms with van der Waals surface area (Å²) in [6.45, 7) is 1.03. The van der Waals surface area contributed by atoms with Gasteiger partial charge in [-0.2, -0.15) is 0 Å². The van der Waals surface area contributed by atoms with Gasteiger partial charge in [0.1, 0.15) is 29.5 Å². The van der Waals surface area contributed by atoms with E-state index in [1.807, 2.05) is 54.6 Å². The summed E-state index contributed by atoms with van der Waals surface area (Å²) in [5.74, 6) is 3.01. The molecular weight excluding hydrogens is 376 g/mol. The summed E-state index contributed by atoms with van der Waals surface area (Å²) in [7, 11) is 0. The maximum absolute atomic E-state index is 8.77. The van der Waals surface area contributed by atoms with Crippen LogP contribution < -0.4 is 21.1 Å². The molecule has 5 rings (SSSR count). The first-order valence-electron chi connectivity index (χ1n) is 10.2. The molecule has 152 valence electrons. The number of hydrogen-bond acceptors (Lipinski definition) is 7. The Bertz CT molecular complexity index is 1050. The monoisotopic (exact) mass is 400 g/mol. The van der Waals surface area contributed by atoms with Crippen LogP contribution in [-0.2, 0) is 0 Å². The summed E-state index contributed by atoms with van der Waals surface area (Å²) < 4.78 is 5.85. The average molecular weight is 400 g/mol. The van der Waals surface area contributed by atoms with Crippen LogP contribution in [0.15, 0.2) is 60.9 Å². The number of anilines is 2. The van der Waals surface area contributed by atoms with Crippen LogP contribution in [0.3, 0.4) is 0 Å². The third-order valence-corrected chi connectivity index (χ3v) is 5.93. The molecule has 7 nitrogen and oxygen atoms in total. The smallest absolute Gasteiger partial charge is 0.141 e. The van der Waals surface area contributed by atoms with Crippen LogP contribution in [0, 0.1) is 11.3 Å². The van der Waals surface area contributed by atoms with E-state index in [1.54, 1.807) is 0 Å². The van der Waals surface area contributed by atoms with Gasteiger partial charge in [0.15, 0.2) is 0 Å². The van der Waals surface area contributed by atoms with Crippen molar-refractivity contribution in [3.8, 4) is 11.5 Å². The molecule has 1 aromatic heterocycles. The van der Waals surface area contributed by atoms with Crippen LogP contribution in [0.2, 0.25) is 0 Å². The summed E-state index contributed by atoms with van der Waals surface area (Å²) in [5.41, 5.74) is 7.74. The summed E-state index contributed by atoms with van der Waals surface area (Å²) in [6, 6.07) is 18.0. The van der Waals surface area contributed by atoms with E-state index in [4.69, 9.17) is 15.9 Å². The van der Waals surface area contributed by atoms with Crippen LogP contribution in [0.5, 0.6) is 11.5 Å². The van der Waals surface area contributed by atoms with E-state index < -0.39 is 0 Å². The summed E-state index contributed by atoms with van der Waals surface area (Å²) in [4.78, 5) is 8.55. The molecule has 30 heavy (non-hydrogen) atoms. The molecule has 3 aromatic rings. The molecule has 7 heteroatoms. The minimum absolute atomic E-state index is 0.295. The molecule has 0 radical (unpaired) electrons. The second kappa shape index (κ2) is 7.76. The Morgan fingerprint density at radius 2 is 1.80 bits per heavy atom. The number of piperidine rings is 1. The molecule has 1 aliphatic heterocycles. The predicted octanol–water partition coefficient (Wildman–Crippen LogP) is 3.43. The zero-order valence-corrected chi connectivity index (χ0v) is 16.5. The molecule has 2 heterocycles. The van der Waals surface area contributed by atoms with Gasteiger partial charge in [0.2, 0.25) is 0 Å². The molecule has 2 fully saturated rings. The number of nitrogen functional groups attached to an aromatic ring is 1. The summed E-state index contributed by atoms with van der Waals surface area (Å²) in [6.07, 6.45) is 3.71. The Labute approximate surface area is 175 Å². The number of ether oxygens (including phenoxy) is 1. The lowest BCUT2D eigenvalue weighted by Gasteiger charge is -2.25. The summed E-state index contributed by atoms with van der Waals surface area (Å²) >= 11 is 0. The molecule has 2 bridgehead atoms. The van der Waals surface area contributed by atoms with Crippen molar-refractivity contribution in [1.29, 1.82) is 5.41 Å². The number of para-hydroxylation sites is 1. The van der Waals surface area contributed by atoms with Crippen molar-refractivity contribution < 1.29 is 4.74 Å². The molecule has 5 N–H and O–H groups in total. The fraction of sp³-hybridized carbons (Fsp3) is 0.261. The van der Waals surface area contributed by atoms with Gasteiger partial charge >= 0.3 is 0 Å². The maximum Gasteiger partial charge on any atom is 0.141 e. The zero-order chi connectivity index (χ0) is 20.5. The first kappa shape index (κ1) is 18.6. The number of nitrogens with zero attached hydrogens (tertiary/aromatic N) is 2. The quantitative estimate of drug-likeness (QED) is 0.472. The van der Waals surface area contributed by atoms with Crippen LogP contribution in [-0.4, -0.2) is 34.3 Å². The summed E-state index contributed by atoms with van der Waals surface area (Å²) in [5, 5.41) is 15.8. The molecule has 2 aromatic carbocycles. The Morgan fingerprint density at radius 3 is 2.50 bits per heavy atom. The van der Waals surface area contributed by atoms with Gasteiger partial charge in [0, 0.05) is 24.2 Å². The number of hydrogen-bond donors (Lipinski definition) is 4. The van der Waals surface area contributed by atoms with Crippen molar-refractivity contribution in [3.63, 3.8) is 0 Å². The first-order chi connectivity index (χ1) is 14.7. The molecule has 2 aliphatic rings. The Kier molecular flexibility index (Phi) is 4.80. The highest BCUT2D eigenvalue weighted by atomic mass is 16.5. The first-order valence-corrected chi connectivity index (χ1v) is 10.2. The molecule has 0 amide bonds.